The van der Waals surface area contributed by atoms with Crippen LogP contribution in [0, 0.1) is 15.5 Å². The Hall–Kier alpha value is -2.22. The van der Waals surface area contributed by atoms with E-state index in [2.05, 4.69) is 11.7 Å². The van der Waals surface area contributed by atoms with Gasteiger partial charge in [-0.25, -0.2) is 4.79 Å². The van der Waals surface area contributed by atoms with Crippen LogP contribution in [0.15, 0.2) is 12.8 Å². The Morgan fingerprint density at radius 2 is 2.26 bits per heavy atom. The Morgan fingerprint density at radius 1 is 1.57 bits per heavy atom. The van der Waals surface area contributed by atoms with E-state index in [0.29, 0.717) is 18.8 Å². The van der Waals surface area contributed by atoms with Crippen molar-refractivity contribution < 1.29 is 14.6 Å². The minimum absolute atomic E-state index is 0.0659. The first-order chi connectivity index (χ1) is 10.7. The number of aromatic nitrogens is 2. The lowest BCUT2D eigenvalue weighted by Crippen LogP contribution is -2.41. The number of rotatable bonds is 4. The molecule has 0 aromatic carbocycles. The van der Waals surface area contributed by atoms with Gasteiger partial charge in [-0.2, -0.15) is 5.10 Å². The highest BCUT2D eigenvalue weighted by Gasteiger charge is 2.31. The van der Waals surface area contributed by atoms with Crippen LogP contribution in [-0.2, 0) is 9.63 Å². The molecular weight excluding hydrogens is 300 g/mol. The zero-order valence-corrected chi connectivity index (χ0v) is 13.7. The van der Waals surface area contributed by atoms with Crippen molar-refractivity contribution >= 4 is 17.7 Å². The van der Waals surface area contributed by atoms with E-state index < -0.39 is 10.3 Å². The summed E-state index contributed by atoms with van der Waals surface area (Å²) in [7, 11) is 0. The molecule has 2 rings (SSSR count). The normalized spacial score (nSPS) is 19.3. The van der Waals surface area contributed by atoms with E-state index in [1.54, 1.807) is 30.5 Å². The molecule has 23 heavy (non-hydrogen) atoms. The second kappa shape index (κ2) is 6.49. The number of hydroxylamine groups is 2. The molecular formula is C15H22N4O4. The van der Waals surface area contributed by atoms with E-state index in [9.17, 15) is 14.9 Å². The number of carbonyl (C=O) groups is 1. The van der Waals surface area contributed by atoms with E-state index in [1.807, 2.05) is 0 Å². The van der Waals surface area contributed by atoms with E-state index >= 15 is 0 Å². The van der Waals surface area contributed by atoms with Crippen molar-refractivity contribution in [2.24, 2.45) is 5.41 Å². The highest BCUT2D eigenvalue weighted by molar-refractivity contribution is 5.75. The number of hydrogen-bond donors (Lipinski definition) is 0. The zero-order valence-electron chi connectivity index (χ0n) is 13.7. The van der Waals surface area contributed by atoms with Crippen molar-refractivity contribution in [2.45, 2.75) is 39.7 Å². The molecule has 8 heteroatoms. The molecule has 0 radical (unpaired) electrons. The highest BCUT2D eigenvalue weighted by Crippen LogP contribution is 2.28. The summed E-state index contributed by atoms with van der Waals surface area (Å²) in [4.78, 5) is 28.0. The third-order valence-corrected chi connectivity index (χ3v) is 3.73. The topological polar surface area (TPSA) is 90.5 Å². The summed E-state index contributed by atoms with van der Waals surface area (Å²) in [6.45, 7) is 10.1. The van der Waals surface area contributed by atoms with Crippen LogP contribution < -0.4 is 0 Å². The lowest BCUT2D eigenvalue weighted by Gasteiger charge is -2.33. The van der Waals surface area contributed by atoms with E-state index in [4.69, 9.17) is 4.84 Å². The maximum absolute atomic E-state index is 12.0. The minimum atomic E-state index is -0.580. The Labute approximate surface area is 134 Å². The lowest BCUT2D eigenvalue weighted by molar-refractivity contribution is -0.385. The Kier molecular flexibility index (Phi) is 4.84. The summed E-state index contributed by atoms with van der Waals surface area (Å²) >= 11 is 0. The molecule has 2 heterocycles. The van der Waals surface area contributed by atoms with Crippen LogP contribution in [0.25, 0.3) is 6.08 Å². The number of nitro groups is 1. The zero-order chi connectivity index (χ0) is 17.2. The smallest absolute Gasteiger partial charge is 0.330 e. The van der Waals surface area contributed by atoms with Crippen LogP contribution in [0.4, 0.5) is 5.69 Å². The van der Waals surface area contributed by atoms with Crippen LogP contribution >= 0.6 is 0 Å². The molecule has 1 fully saturated rings. The van der Waals surface area contributed by atoms with Crippen LogP contribution in [0.2, 0.25) is 0 Å². The van der Waals surface area contributed by atoms with Crippen LogP contribution in [0.5, 0.6) is 0 Å². The first-order valence-electron chi connectivity index (χ1n) is 7.55. The Bertz CT molecular complexity index is 617. The van der Waals surface area contributed by atoms with E-state index in [-0.39, 0.29) is 17.7 Å². The molecule has 0 amide bonds. The maximum Gasteiger partial charge on any atom is 0.330 e. The fourth-order valence-electron chi connectivity index (χ4n) is 2.45. The second-order valence-corrected chi connectivity index (χ2v) is 6.63. The minimum Gasteiger partial charge on any atom is -0.367 e. The van der Waals surface area contributed by atoms with E-state index in [1.165, 1.54) is 12.3 Å². The summed E-state index contributed by atoms with van der Waals surface area (Å²) in [5.74, 6) is -0.298. The summed E-state index contributed by atoms with van der Waals surface area (Å²) in [6, 6.07) is -0.0989. The second-order valence-electron chi connectivity index (χ2n) is 6.63. The molecule has 0 spiro atoms. The fourth-order valence-corrected chi connectivity index (χ4v) is 2.45. The van der Waals surface area contributed by atoms with Crippen LogP contribution in [0.3, 0.4) is 0 Å². The molecule has 1 atom stereocenters. The molecule has 0 saturated carbocycles. The number of piperidine rings is 1. The van der Waals surface area contributed by atoms with Gasteiger partial charge in [-0.1, -0.05) is 6.58 Å². The summed E-state index contributed by atoms with van der Waals surface area (Å²) in [5.41, 5.74) is -0.267. The average Bonchev–Trinajstić information content (AvgIpc) is 2.90. The van der Waals surface area contributed by atoms with Gasteiger partial charge in [0.25, 0.3) is 0 Å². The fraction of sp³-hybridized carbons (Fsp3) is 0.600. The highest BCUT2D eigenvalue weighted by atomic mass is 16.7. The van der Waals surface area contributed by atoms with Gasteiger partial charge in [0.1, 0.15) is 11.9 Å². The molecule has 1 unspecified atom stereocenters. The monoisotopic (exact) mass is 322 g/mol. The SMILES string of the molecule is C=Cc1c([N+](=O)[O-])cnn1C1CCCN(OC(=O)C(C)(C)C)C1. The molecule has 1 saturated heterocycles. The Balaban J connectivity index is 2.14. The first kappa shape index (κ1) is 17.1. The molecule has 126 valence electrons. The standard InChI is InChI=1S/C15H22N4O4/c1-5-12-13(19(21)22)9-16-18(12)11-7-6-8-17(10-11)23-14(20)15(2,3)4/h5,9,11H,1,6-8,10H2,2-4H3. The number of carbonyl (C=O) groups excluding carboxylic acids is 1. The van der Waals surface area contributed by atoms with Gasteiger partial charge in [-0.3, -0.25) is 14.8 Å². The molecule has 8 nitrogen and oxygen atoms in total. The predicted octanol–water partition coefficient (Wildman–Crippen LogP) is 2.58. The molecule has 1 aromatic heterocycles. The van der Waals surface area contributed by atoms with Gasteiger partial charge in [-0.05, 0) is 39.7 Å². The molecule has 1 aromatic rings. The summed E-state index contributed by atoms with van der Waals surface area (Å²) in [5, 5.41) is 16.8. The van der Waals surface area contributed by atoms with E-state index in [0.717, 1.165) is 12.8 Å². The van der Waals surface area contributed by atoms with Gasteiger partial charge in [0.2, 0.25) is 0 Å². The van der Waals surface area contributed by atoms with Gasteiger partial charge >= 0.3 is 11.7 Å². The third kappa shape index (κ3) is 3.76. The van der Waals surface area contributed by atoms with Gasteiger partial charge in [-0.15, -0.1) is 5.06 Å². The average molecular weight is 322 g/mol. The quantitative estimate of drug-likeness (QED) is 0.625. The van der Waals surface area contributed by atoms with Crippen molar-refractivity contribution in [3.8, 4) is 0 Å². The first-order valence-corrected chi connectivity index (χ1v) is 7.55. The molecule has 0 bridgehead atoms. The van der Waals surface area contributed by atoms with Crippen LogP contribution in [-0.4, -0.2) is 38.8 Å². The van der Waals surface area contributed by atoms with Crippen molar-refractivity contribution in [1.29, 1.82) is 0 Å². The third-order valence-electron chi connectivity index (χ3n) is 3.73. The number of nitrogens with zero attached hydrogens (tertiary/aromatic N) is 4. The van der Waals surface area contributed by atoms with Crippen molar-refractivity contribution in [3.05, 3.63) is 28.6 Å². The van der Waals surface area contributed by atoms with Crippen molar-refractivity contribution in [3.63, 3.8) is 0 Å². The molecule has 0 N–H and O–H groups in total. The van der Waals surface area contributed by atoms with Gasteiger partial charge in [0.15, 0.2) is 0 Å². The molecule has 0 aliphatic carbocycles. The molecule has 1 aliphatic heterocycles. The van der Waals surface area contributed by atoms with Crippen LogP contribution in [0.1, 0.15) is 45.3 Å². The Morgan fingerprint density at radius 3 is 2.83 bits per heavy atom. The predicted molar refractivity (Wildman–Crippen MR) is 84.4 cm³/mol. The maximum atomic E-state index is 12.0. The largest absolute Gasteiger partial charge is 0.367 e. The van der Waals surface area contributed by atoms with Gasteiger partial charge < -0.3 is 4.84 Å². The summed E-state index contributed by atoms with van der Waals surface area (Å²) < 4.78 is 1.60. The van der Waals surface area contributed by atoms with Gasteiger partial charge in [0.05, 0.1) is 22.9 Å². The van der Waals surface area contributed by atoms with Crippen molar-refractivity contribution in [2.75, 3.05) is 13.1 Å². The number of hydrogen-bond acceptors (Lipinski definition) is 6. The molecule has 1 aliphatic rings. The van der Waals surface area contributed by atoms with Crippen molar-refractivity contribution in [1.82, 2.24) is 14.8 Å². The summed E-state index contributed by atoms with van der Waals surface area (Å²) in [6.07, 6.45) is 4.29. The lowest BCUT2D eigenvalue weighted by atomic mass is 9.98. The van der Waals surface area contributed by atoms with Gasteiger partial charge in [0, 0.05) is 6.54 Å².